The minimum Gasteiger partial charge on any atom is -0.292 e. The van der Waals surface area contributed by atoms with Crippen LogP contribution in [0, 0.1) is 0 Å². The third-order valence-corrected chi connectivity index (χ3v) is 5.63. The maximum absolute atomic E-state index is 12.4. The minimum atomic E-state index is -0.0345. The monoisotopic (exact) mass is 387 g/mol. The third-order valence-electron chi connectivity index (χ3n) is 4.50. The van der Waals surface area contributed by atoms with Crippen LogP contribution in [0.3, 0.4) is 0 Å². The third kappa shape index (κ3) is 2.92. The van der Waals surface area contributed by atoms with Crippen molar-refractivity contribution in [2.24, 2.45) is 7.05 Å². The molecule has 4 aromatic rings. The fourth-order valence-electron chi connectivity index (χ4n) is 3.13. The van der Waals surface area contributed by atoms with Crippen molar-refractivity contribution in [1.82, 2.24) is 24.1 Å². The van der Waals surface area contributed by atoms with Gasteiger partial charge in [-0.15, -0.1) is 21.5 Å². The van der Waals surface area contributed by atoms with Gasteiger partial charge in [0.2, 0.25) is 5.78 Å². The van der Waals surface area contributed by atoms with Crippen LogP contribution in [-0.4, -0.2) is 30.6 Å². The van der Waals surface area contributed by atoms with Crippen molar-refractivity contribution in [2.75, 3.05) is 6.54 Å². The van der Waals surface area contributed by atoms with E-state index in [4.69, 9.17) is 11.6 Å². The number of nitrogens with zero attached hydrogens (tertiary/aromatic N) is 5. The number of fused-ring (bicyclic) bond motifs is 3. The molecule has 0 saturated heterocycles. The molecule has 0 saturated carbocycles. The molecule has 0 radical (unpaired) electrons. The number of hydrogen-bond acceptors (Lipinski definition) is 5. The van der Waals surface area contributed by atoms with Crippen molar-refractivity contribution in [3.63, 3.8) is 0 Å². The first kappa shape index (κ1) is 17.2. The van der Waals surface area contributed by atoms with Gasteiger partial charge in [-0.1, -0.05) is 30.7 Å². The van der Waals surface area contributed by atoms with Crippen LogP contribution in [0.5, 0.6) is 0 Å². The fourth-order valence-corrected chi connectivity index (χ4v) is 4.19. The molecule has 0 N–H and O–H groups in total. The Morgan fingerprint density at radius 3 is 2.85 bits per heavy atom. The molecular weight excluding hydrogens is 370 g/mol. The zero-order valence-electron chi connectivity index (χ0n) is 14.5. The van der Waals surface area contributed by atoms with Gasteiger partial charge in [0, 0.05) is 18.6 Å². The van der Waals surface area contributed by atoms with Gasteiger partial charge in [-0.05, 0) is 35.7 Å². The van der Waals surface area contributed by atoms with E-state index >= 15 is 0 Å². The first-order valence-corrected chi connectivity index (χ1v) is 9.61. The highest BCUT2D eigenvalue weighted by molar-refractivity contribution is 7.17. The Morgan fingerprint density at radius 2 is 2.08 bits per heavy atom. The van der Waals surface area contributed by atoms with Gasteiger partial charge < -0.3 is 0 Å². The highest BCUT2D eigenvalue weighted by atomic mass is 35.5. The molecule has 0 aliphatic rings. The summed E-state index contributed by atoms with van der Waals surface area (Å²) in [5.74, 6) is 1.39. The van der Waals surface area contributed by atoms with Gasteiger partial charge in [-0.25, -0.2) is 0 Å². The van der Waals surface area contributed by atoms with Gasteiger partial charge in [-0.3, -0.25) is 18.7 Å². The molecule has 0 spiro atoms. The average Bonchev–Trinajstić information content (AvgIpc) is 3.26. The van der Waals surface area contributed by atoms with Gasteiger partial charge in [0.1, 0.15) is 4.70 Å². The van der Waals surface area contributed by atoms with E-state index < -0.39 is 0 Å². The number of halogens is 1. The smallest absolute Gasteiger partial charge is 0.272 e. The number of aromatic nitrogens is 4. The molecule has 134 valence electrons. The Morgan fingerprint density at radius 1 is 1.23 bits per heavy atom. The molecule has 4 rings (SSSR count). The van der Waals surface area contributed by atoms with Crippen molar-refractivity contribution in [1.29, 1.82) is 0 Å². The lowest BCUT2D eigenvalue weighted by Gasteiger charge is -2.19. The molecule has 0 unspecified atom stereocenters. The van der Waals surface area contributed by atoms with E-state index in [1.165, 1.54) is 11.3 Å². The standard InChI is InChI=1S/C18H18ClN5OS/c1-3-23(10-12-5-4-6-13(19)9-12)11-15-20-21-18-22(2)17(25)16-14(24(15)18)7-8-26-16/h4-9H,3,10-11H2,1-2H3. The maximum Gasteiger partial charge on any atom is 0.272 e. The molecule has 0 atom stereocenters. The lowest BCUT2D eigenvalue weighted by molar-refractivity contribution is 0.264. The van der Waals surface area contributed by atoms with Crippen LogP contribution in [-0.2, 0) is 20.1 Å². The Hall–Kier alpha value is -2.22. The summed E-state index contributed by atoms with van der Waals surface area (Å²) in [4.78, 5) is 14.7. The summed E-state index contributed by atoms with van der Waals surface area (Å²) in [6.07, 6.45) is 0. The first-order valence-electron chi connectivity index (χ1n) is 8.35. The van der Waals surface area contributed by atoms with Crippen molar-refractivity contribution in [2.45, 2.75) is 20.0 Å². The summed E-state index contributed by atoms with van der Waals surface area (Å²) in [7, 11) is 1.73. The predicted molar refractivity (Wildman–Crippen MR) is 105 cm³/mol. The number of hydrogen-bond donors (Lipinski definition) is 0. The molecular formula is C18H18ClN5OS. The maximum atomic E-state index is 12.4. The van der Waals surface area contributed by atoms with Crippen LogP contribution in [0.1, 0.15) is 18.3 Å². The summed E-state index contributed by atoms with van der Waals surface area (Å²) in [6, 6.07) is 9.84. The van der Waals surface area contributed by atoms with Crippen LogP contribution < -0.4 is 5.56 Å². The number of thiophene rings is 1. The normalized spacial score (nSPS) is 11.8. The minimum absolute atomic E-state index is 0.0345. The number of aryl methyl sites for hydroxylation is 1. The van der Waals surface area contributed by atoms with Gasteiger partial charge in [0.05, 0.1) is 12.1 Å². The van der Waals surface area contributed by atoms with Crippen LogP contribution in [0.15, 0.2) is 40.5 Å². The SMILES string of the molecule is CCN(Cc1cccc(Cl)c1)Cc1nnc2n(C)c(=O)c3sccc3n12. The van der Waals surface area contributed by atoms with Crippen molar-refractivity contribution < 1.29 is 0 Å². The number of benzene rings is 1. The quantitative estimate of drug-likeness (QED) is 0.527. The van der Waals surface area contributed by atoms with Crippen molar-refractivity contribution in [3.05, 3.63) is 62.5 Å². The Labute approximate surface area is 159 Å². The molecule has 0 aliphatic heterocycles. The Bertz CT molecular complexity index is 1150. The molecule has 0 fully saturated rings. The van der Waals surface area contributed by atoms with E-state index in [2.05, 4.69) is 28.1 Å². The lowest BCUT2D eigenvalue weighted by Crippen LogP contribution is -2.24. The summed E-state index contributed by atoms with van der Waals surface area (Å²) in [5.41, 5.74) is 1.99. The van der Waals surface area contributed by atoms with E-state index in [1.54, 1.807) is 11.6 Å². The topological polar surface area (TPSA) is 55.4 Å². The molecule has 3 aromatic heterocycles. The second-order valence-electron chi connectivity index (χ2n) is 6.18. The van der Waals surface area contributed by atoms with E-state index in [0.717, 1.165) is 39.7 Å². The Balaban J connectivity index is 1.73. The molecule has 3 heterocycles. The van der Waals surface area contributed by atoms with E-state index in [9.17, 15) is 4.79 Å². The Kier molecular flexibility index (Phi) is 4.52. The van der Waals surface area contributed by atoms with Gasteiger partial charge >= 0.3 is 0 Å². The molecule has 6 nitrogen and oxygen atoms in total. The van der Waals surface area contributed by atoms with Gasteiger partial charge in [0.25, 0.3) is 5.56 Å². The zero-order chi connectivity index (χ0) is 18.3. The second kappa shape index (κ2) is 6.83. The first-order chi connectivity index (χ1) is 12.6. The predicted octanol–water partition coefficient (Wildman–Crippen LogP) is 3.32. The van der Waals surface area contributed by atoms with Gasteiger partial charge in [0.15, 0.2) is 5.82 Å². The largest absolute Gasteiger partial charge is 0.292 e. The average molecular weight is 388 g/mol. The highest BCUT2D eigenvalue weighted by Crippen LogP contribution is 2.20. The molecule has 8 heteroatoms. The molecule has 26 heavy (non-hydrogen) atoms. The fraction of sp³-hybridized carbons (Fsp3) is 0.278. The van der Waals surface area contributed by atoms with Gasteiger partial charge in [-0.2, -0.15) is 0 Å². The summed E-state index contributed by atoms with van der Waals surface area (Å²) in [6.45, 7) is 4.38. The van der Waals surface area contributed by atoms with Crippen LogP contribution in [0.4, 0.5) is 0 Å². The van der Waals surface area contributed by atoms with Crippen LogP contribution >= 0.6 is 22.9 Å². The van der Waals surface area contributed by atoms with E-state index in [-0.39, 0.29) is 5.56 Å². The highest BCUT2D eigenvalue weighted by Gasteiger charge is 2.17. The van der Waals surface area contributed by atoms with E-state index in [1.807, 2.05) is 34.0 Å². The summed E-state index contributed by atoms with van der Waals surface area (Å²) < 4.78 is 4.26. The molecule has 1 aromatic carbocycles. The number of rotatable bonds is 5. The van der Waals surface area contributed by atoms with Crippen molar-refractivity contribution in [3.8, 4) is 0 Å². The summed E-state index contributed by atoms with van der Waals surface area (Å²) >= 11 is 7.55. The second-order valence-corrected chi connectivity index (χ2v) is 7.54. The zero-order valence-corrected chi connectivity index (χ0v) is 16.1. The van der Waals surface area contributed by atoms with Crippen LogP contribution in [0.2, 0.25) is 5.02 Å². The molecule has 0 bridgehead atoms. The lowest BCUT2D eigenvalue weighted by atomic mass is 10.2. The summed E-state index contributed by atoms with van der Waals surface area (Å²) in [5, 5.41) is 11.3. The molecule has 0 aliphatic carbocycles. The van der Waals surface area contributed by atoms with Crippen molar-refractivity contribution >= 4 is 38.9 Å². The van der Waals surface area contributed by atoms with Crippen LogP contribution in [0.25, 0.3) is 16.0 Å². The molecule has 0 amide bonds. The van der Waals surface area contributed by atoms with E-state index in [0.29, 0.717) is 12.3 Å².